The maximum Gasteiger partial charge on any atom is 0.255 e. The zero-order chi connectivity index (χ0) is 13.7. The fourth-order valence-electron chi connectivity index (χ4n) is 1.66. The number of pyridine rings is 1. The first-order chi connectivity index (χ1) is 9.19. The molecule has 0 fully saturated rings. The van der Waals surface area contributed by atoms with Crippen LogP contribution in [0.5, 0.6) is 0 Å². The minimum atomic E-state index is -0.127. The maximum absolute atomic E-state index is 12.0. The van der Waals surface area contributed by atoms with E-state index in [9.17, 15) is 4.79 Å². The average Bonchev–Trinajstić information content (AvgIpc) is 2.42. The van der Waals surface area contributed by atoms with Crippen LogP contribution in [-0.2, 0) is 0 Å². The van der Waals surface area contributed by atoms with Gasteiger partial charge in [-0.2, -0.15) is 0 Å². The van der Waals surface area contributed by atoms with Crippen molar-refractivity contribution >= 4 is 17.4 Å². The summed E-state index contributed by atoms with van der Waals surface area (Å²) in [7, 11) is 0. The van der Waals surface area contributed by atoms with Gasteiger partial charge in [0.1, 0.15) is 5.82 Å². The minimum absolute atomic E-state index is 0.127. The number of anilines is 2. The van der Waals surface area contributed by atoms with E-state index in [1.807, 2.05) is 50.2 Å². The molecule has 0 radical (unpaired) electrons. The van der Waals surface area contributed by atoms with Gasteiger partial charge in [-0.15, -0.1) is 0 Å². The number of aryl methyl sites for hydroxylation is 1. The molecule has 4 heteroatoms. The largest absolute Gasteiger partial charge is 0.370 e. The quantitative estimate of drug-likeness (QED) is 0.882. The van der Waals surface area contributed by atoms with Gasteiger partial charge in [-0.05, 0) is 38.1 Å². The van der Waals surface area contributed by atoms with E-state index >= 15 is 0 Å². The van der Waals surface area contributed by atoms with Gasteiger partial charge in [-0.25, -0.2) is 4.98 Å². The minimum Gasteiger partial charge on any atom is -0.370 e. The van der Waals surface area contributed by atoms with Gasteiger partial charge in [0.25, 0.3) is 5.91 Å². The average molecular weight is 255 g/mol. The summed E-state index contributed by atoms with van der Waals surface area (Å²) in [6.07, 6.45) is 1.64. The van der Waals surface area contributed by atoms with Crippen LogP contribution < -0.4 is 10.6 Å². The van der Waals surface area contributed by atoms with E-state index in [1.54, 1.807) is 6.20 Å². The molecule has 0 bridgehead atoms. The number of amides is 1. The van der Waals surface area contributed by atoms with E-state index in [4.69, 9.17) is 0 Å². The predicted molar refractivity (Wildman–Crippen MR) is 77.5 cm³/mol. The molecule has 0 unspecified atom stereocenters. The van der Waals surface area contributed by atoms with Crippen LogP contribution in [0.3, 0.4) is 0 Å². The molecule has 1 aromatic carbocycles. The Bertz CT molecular complexity index is 547. The molecule has 4 nitrogen and oxygen atoms in total. The zero-order valence-corrected chi connectivity index (χ0v) is 11.1. The lowest BCUT2D eigenvalue weighted by Gasteiger charge is -2.06. The molecule has 0 saturated heterocycles. The number of aromatic nitrogens is 1. The van der Waals surface area contributed by atoms with E-state index < -0.39 is 0 Å². The second kappa shape index (κ2) is 6.00. The molecule has 0 aliphatic carbocycles. The number of nitrogens with zero attached hydrogens (tertiary/aromatic N) is 1. The van der Waals surface area contributed by atoms with Crippen LogP contribution in [0, 0.1) is 6.92 Å². The number of nitrogens with one attached hydrogen (secondary N) is 2. The molecule has 2 rings (SSSR count). The summed E-state index contributed by atoms with van der Waals surface area (Å²) in [6.45, 7) is 4.82. The Hall–Kier alpha value is -2.36. The lowest BCUT2D eigenvalue weighted by molar-refractivity contribution is 0.102. The molecule has 2 N–H and O–H groups in total. The topological polar surface area (TPSA) is 54.0 Å². The fraction of sp³-hybridized carbons (Fsp3) is 0.200. The monoisotopic (exact) mass is 255 g/mol. The van der Waals surface area contributed by atoms with Crippen molar-refractivity contribution in [3.8, 4) is 0 Å². The van der Waals surface area contributed by atoms with Gasteiger partial charge in [-0.3, -0.25) is 4.79 Å². The lowest BCUT2D eigenvalue weighted by Crippen LogP contribution is -2.12. The Morgan fingerprint density at radius 3 is 2.47 bits per heavy atom. The standard InChI is InChI=1S/C15H17N3O/c1-3-16-14-9-8-13(10-17-14)18-15(19)12-6-4-11(2)5-7-12/h4-10H,3H2,1-2H3,(H,16,17)(H,18,19). The zero-order valence-electron chi connectivity index (χ0n) is 11.1. The molecule has 1 heterocycles. The first-order valence-electron chi connectivity index (χ1n) is 6.27. The Labute approximate surface area is 112 Å². The van der Waals surface area contributed by atoms with Crippen molar-refractivity contribution in [3.63, 3.8) is 0 Å². The Morgan fingerprint density at radius 2 is 1.89 bits per heavy atom. The van der Waals surface area contributed by atoms with Gasteiger partial charge < -0.3 is 10.6 Å². The first kappa shape index (κ1) is 13.1. The summed E-state index contributed by atoms with van der Waals surface area (Å²) in [4.78, 5) is 16.2. The van der Waals surface area contributed by atoms with E-state index in [-0.39, 0.29) is 5.91 Å². The fourth-order valence-corrected chi connectivity index (χ4v) is 1.66. The highest BCUT2D eigenvalue weighted by atomic mass is 16.1. The molecule has 0 aliphatic heterocycles. The van der Waals surface area contributed by atoms with Crippen molar-refractivity contribution in [2.24, 2.45) is 0 Å². The van der Waals surface area contributed by atoms with E-state index in [0.717, 1.165) is 17.9 Å². The van der Waals surface area contributed by atoms with Crippen molar-refractivity contribution in [1.82, 2.24) is 4.98 Å². The molecule has 0 atom stereocenters. The van der Waals surface area contributed by atoms with E-state index in [2.05, 4.69) is 15.6 Å². The van der Waals surface area contributed by atoms with Gasteiger partial charge in [0.15, 0.2) is 0 Å². The number of hydrogen-bond acceptors (Lipinski definition) is 3. The number of hydrogen-bond donors (Lipinski definition) is 2. The van der Waals surface area contributed by atoms with Gasteiger partial charge >= 0.3 is 0 Å². The molecule has 0 saturated carbocycles. The van der Waals surface area contributed by atoms with Crippen LogP contribution in [0.15, 0.2) is 42.6 Å². The highest BCUT2D eigenvalue weighted by Crippen LogP contribution is 2.11. The summed E-state index contributed by atoms with van der Waals surface area (Å²) in [5.74, 6) is 0.675. The summed E-state index contributed by atoms with van der Waals surface area (Å²) in [6, 6.07) is 11.1. The van der Waals surface area contributed by atoms with E-state index in [1.165, 1.54) is 0 Å². The van der Waals surface area contributed by atoms with Crippen LogP contribution in [0.25, 0.3) is 0 Å². The van der Waals surface area contributed by atoms with Crippen LogP contribution in [0.4, 0.5) is 11.5 Å². The second-order valence-electron chi connectivity index (χ2n) is 4.28. The van der Waals surface area contributed by atoms with Crippen LogP contribution >= 0.6 is 0 Å². The van der Waals surface area contributed by atoms with Gasteiger partial charge in [0.05, 0.1) is 11.9 Å². The SMILES string of the molecule is CCNc1ccc(NC(=O)c2ccc(C)cc2)cn1. The summed E-state index contributed by atoms with van der Waals surface area (Å²) in [5.41, 5.74) is 2.46. The number of carbonyl (C=O) groups excluding carboxylic acids is 1. The van der Waals surface area contributed by atoms with Crippen molar-refractivity contribution in [2.45, 2.75) is 13.8 Å². The Balaban J connectivity index is 2.04. The Kier molecular flexibility index (Phi) is 4.13. The first-order valence-corrected chi connectivity index (χ1v) is 6.27. The van der Waals surface area contributed by atoms with Gasteiger partial charge in [-0.1, -0.05) is 17.7 Å². The van der Waals surface area contributed by atoms with Crippen molar-refractivity contribution < 1.29 is 4.79 Å². The van der Waals surface area contributed by atoms with Crippen molar-refractivity contribution in [3.05, 3.63) is 53.7 Å². The number of rotatable bonds is 4. The number of carbonyl (C=O) groups is 1. The van der Waals surface area contributed by atoms with Crippen LogP contribution in [-0.4, -0.2) is 17.4 Å². The highest BCUT2D eigenvalue weighted by Gasteiger charge is 2.05. The highest BCUT2D eigenvalue weighted by molar-refractivity contribution is 6.04. The molecular weight excluding hydrogens is 238 g/mol. The predicted octanol–water partition coefficient (Wildman–Crippen LogP) is 3.07. The third kappa shape index (κ3) is 3.55. The summed E-state index contributed by atoms with van der Waals surface area (Å²) >= 11 is 0. The normalized spacial score (nSPS) is 10.0. The summed E-state index contributed by atoms with van der Waals surface area (Å²) < 4.78 is 0. The lowest BCUT2D eigenvalue weighted by atomic mass is 10.1. The third-order valence-corrected chi connectivity index (χ3v) is 2.69. The molecule has 1 aromatic heterocycles. The smallest absolute Gasteiger partial charge is 0.255 e. The van der Waals surface area contributed by atoms with Crippen LogP contribution in [0.2, 0.25) is 0 Å². The molecule has 0 spiro atoms. The van der Waals surface area contributed by atoms with Gasteiger partial charge in [0, 0.05) is 12.1 Å². The maximum atomic E-state index is 12.0. The molecule has 2 aromatic rings. The number of benzene rings is 1. The van der Waals surface area contributed by atoms with Crippen molar-refractivity contribution in [1.29, 1.82) is 0 Å². The molecule has 19 heavy (non-hydrogen) atoms. The molecule has 0 aliphatic rings. The van der Waals surface area contributed by atoms with E-state index in [0.29, 0.717) is 11.3 Å². The molecule has 1 amide bonds. The summed E-state index contributed by atoms with van der Waals surface area (Å²) in [5, 5.41) is 5.92. The third-order valence-electron chi connectivity index (χ3n) is 2.69. The van der Waals surface area contributed by atoms with Crippen molar-refractivity contribution in [2.75, 3.05) is 17.2 Å². The van der Waals surface area contributed by atoms with Crippen LogP contribution in [0.1, 0.15) is 22.8 Å². The molecular formula is C15H17N3O. The molecule has 98 valence electrons. The van der Waals surface area contributed by atoms with Gasteiger partial charge in [0.2, 0.25) is 0 Å². The Morgan fingerprint density at radius 1 is 1.16 bits per heavy atom. The second-order valence-corrected chi connectivity index (χ2v) is 4.28.